The molecule has 7 nitrogen and oxygen atoms in total. The number of carbonyl (C=O) groups excluding carboxylic acids is 2. The third-order valence-corrected chi connectivity index (χ3v) is 7.50. The molecule has 0 radical (unpaired) electrons. The molecular weight excluding hydrogens is 414 g/mol. The van der Waals surface area contributed by atoms with E-state index in [9.17, 15) is 9.59 Å². The summed E-state index contributed by atoms with van der Waals surface area (Å²) >= 11 is 0. The molecule has 0 spiro atoms. The fourth-order valence-corrected chi connectivity index (χ4v) is 5.16. The second-order valence-corrected chi connectivity index (χ2v) is 10.8. The Kier molecular flexibility index (Phi) is 8.04. The monoisotopic (exact) mass is 455 g/mol. The minimum atomic E-state index is -0.0134. The van der Waals surface area contributed by atoms with E-state index in [4.69, 9.17) is 0 Å². The molecule has 4 rings (SSSR count). The predicted molar refractivity (Wildman–Crippen MR) is 131 cm³/mol. The van der Waals surface area contributed by atoms with E-state index in [2.05, 4.69) is 38.8 Å². The first-order valence-electron chi connectivity index (χ1n) is 12.7. The molecule has 1 N–H and O–H groups in total. The quantitative estimate of drug-likeness (QED) is 0.647. The van der Waals surface area contributed by atoms with E-state index in [0.717, 1.165) is 64.9 Å². The van der Waals surface area contributed by atoms with Crippen molar-refractivity contribution in [1.82, 2.24) is 24.9 Å². The van der Waals surface area contributed by atoms with Crippen molar-refractivity contribution < 1.29 is 9.59 Å². The highest BCUT2D eigenvalue weighted by molar-refractivity contribution is 5.94. The molecule has 2 heterocycles. The molecule has 1 aromatic carbocycles. The van der Waals surface area contributed by atoms with E-state index in [-0.39, 0.29) is 11.3 Å². The number of amides is 2. The molecule has 0 unspecified atom stereocenters. The van der Waals surface area contributed by atoms with Crippen molar-refractivity contribution in [2.45, 2.75) is 39.2 Å². The van der Waals surface area contributed by atoms with Crippen LogP contribution in [-0.2, 0) is 4.79 Å². The van der Waals surface area contributed by atoms with Gasteiger partial charge in [-0.25, -0.2) is 0 Å². The van der Waals surface area contributed by atoms with Crippen molar-refractivity contribution >= 4 is 11.8 Å². The minimum Gasteiger partial charge on any atom is -0.351 e. The van der Waals surface area contributed by atoms with Gasteiger partial charge in [-0.05, 0) is 30.4 Å². The maximum atomic E-state index is 12.8. The van der Waals surface area contributed by atoms with Crippen LogP contribution < -0.4 is 5.32 Å². The average molecular weight is 456 g/mol. The fourth-order valence-electron chi connectivity index (χ4n) is 5.16. The maximum absolute atomic E-state index is 12.8. The van der Waals surface area contributed by atoms with Gasteiger partial charge in [0, 0.05) is 77.1 Å². The molecule has 0 atom stereocenters. The third-order valence-electron chi connectivity index (χ3n) is 7.50. The minimum absolute atomic E-state index is 0.0114. The van der Waals surface area contributed by atoms with E-state index >= 15 is 0 Å². The van der Waals surface area contributed by atoms with Gasteiger partial charge in [0.15, 0.2) is 0 Å². The molecule has 2 aliphatic heterocycles. The molecule has 1 saturated carbocycles. The highest BCUT2D eigenvalue weighted by atomic mass is 16.2. The van der Waals surface area contributed by atoms with Gasteiger partial charge in [-0.3, -0.25) is 19.4 Å². The highest BCUT2D eigenvalue weighted by Crippen LogP contribution is 2.25. The Morgan fingerprint density at radius 3 is 2.15 bits per heavy atom. The summed E-state index contributed by atoms with van der Waals surface area (Å²) in [7, 11) is 0. The molecule has 1 aliphatic carbocycles. The molecule has 1 aromatic rings. The fraction of sp³-hybridized carbons (Fsp3) is 0.692. The molecule has 3 aliphatic rings. The number of piperazine rings is 2. The number of rotatable bonds is 8. The molecular formula is C26H41N5O2. The summed E-state index contributed by atoms with van der Waals surface area (Å²) < 4.78 is 0. The van der Waals surface area contributed by atoms with Crippen LogP contribution >= 0.6 is 0 Å². The van der Waals surface area contributed by atoms with Crippen molar-refractivity contribution in [2.24, 2.45) is 5.41 Å². The number of benzene rings is 1. The van der Waals surface area contributed by atoms with Gasteiger partial charge >= 0.3 is 0 Å². The van der Waals surface area contributed by atoms with Gasteiger partial charge in [0.1, 0.15) is 0 Å². The summed E-state index contributed by atoms with van der Waals surface area (Å²) in [6.07, 6.45) is 4.05. The Morgan fingerprint density at radius 1 is 0.909 bits per heavy atom. The van der Waals surface area contributed by atoms with Crippen LogP contribution in [0.25, 0.3) is 0 Å². The lowest BCUT2D eigenvalue weighted by Crippen LogP contribution is -2.56. The Balaban J connectivity index is 1.13. The number of hydrogen-bond donors (Lipinski definition) is 1. The van der Waals surface area contributed by atoms with E-state index in [1.165, 1.54) is 19.3 Å². The topological polar surface area (TPSA) is 59.1 Å². The van der Waals surface area contributed by atoms with Gasteiger partial charge in [-0.15, -0.1) is 0 Å². The zero-order valence-corrected chi connectivity index (χ0v) is 20.5. The zero-order chi connectivity index (χ0) is 23.3. The second kappa shape index (κ2) is 11.0. The lowest BCUT2D eigenvalue weighted by Gasteiger charge is -2.43. The first-order valence-corrected chi connectivity index (χ1v) is 12.7. The van der Waals surface area contributed by atoms with Crippen LogP contribution in [0.5, 0.6) is 0 Å². The van der Waals surface area contributed by atoms with Crippen LogP contribution in [0.1, 0.15) is 43.5 Å². The lowest BCUT2D eigenvalue weighted by atomic mass is 9.91. The van der Waals surface area contributed by atoms with Crippen molar-refractivity contribution in [2.75, 3.05) is 72.0 Å². The Hall–Kier alpha value is -1.96. The van der Waals surface area contributed by atoms with Crippen molar-refractivity contribution in [3.8, 4) is 0 Å². The molecule has 7 heteroatoms. The SMILES string of the molecule is CC(C)(CNC(=O)c1ccccc1)CN1CCN(CC(=O)N2CCN(C3CCC3)CC2)CC1. The first-order chi connectivity index (χ1) is 15.9. The van der Waals surface area contributed by atoms with Crippen LogP contribution in [0.15, 0.2) is 30.3 Å². The number of hydrogen-bond acceptors (Lipinski definition) is 5. The second-order valence-electron chi connectivity index (χ2n) is 10.8. The van der Waals surface area contributed by atoms with Gasteiger partial charge < -0.3 is 15.1 Å². The summed E-state index contributed by atoms with van der Waals surface area (Å²) in [6, 6.07) is 10.2. The van der Waals surface area contributed by atoms with Crippen LogP contribution in [0, 0.1) is 5.41 Å². The van der Waals surface area contributed by atoms with Gasteiger partial charge in [0.25, 0.3) is 5.91 Å². The van der Waals surface area contributed by atoms with Crippen LogP contribution in [0.3, 0.4) is 0 Å². The van der Waals surface area contributed by atoms with Crippen molar-refractivity contribution in [3.05, 3.63) is 35.9 Å². The number of nitrogens with one attached hydrogen (secondary N) is 1. The largest absolute Gasteiger partial charge is 0.351 e. The Bertz CT molecular complexity index is 779. The molecule has 0 aromatic heterocycles. The van der Waals surface area contributed by atoms with Gasteiger partial charge in [0.05, 0.1) is 6.54 Å². The van der Waals surface area contributed by atoms with Crippen molar-refractivity contribution in [3.63, 3.8) is 0 Å². The molecule has 0 bridgehead atoms. The molecule has 2 amide bonds. The predicted octanol–water partition coefficient (Wildman–Crippen LogP) is 1.76. The smallest absolute Gasteiger partial charge is 0.251 e. The van der Waals surface area contributed by atoms with Crippen LogP contribution in [-0.4, -0.2) is 109 Å². The Labute approximate surface area is 199 Å². The first kappa shape index (κ1) is 24.2. The third kappa shape index (κ3) is 6.78. The zero-order valence-electron chi connectivity index (χ0n) is 20.5. The van der Waals surface area contributed by atoms with Gasteiger partial charge in [-0.2, -0.15) is 0 Å². The normalized spacial score (nSPS) is 21.6. The van der Waals surface area contributed by atoms with Crippen LogP contribution in [0.2, 0.25) is 0 Å². The van der Waals surface area contributed by atoms with E-state index in [1.807, 2.05) is 30.3 Å². The summed E-state index contributed by atoms with van der Waals surface area (Å²) in [6.45, 7) is 14.2. The number of nitrogens with zero attached hydrogens (tertiary/aromatic N) is 4. The van der Waals surface area contributed by atoms with Crippen molar-refractivity contribution in [1.29, 1.82) is 0 Å². The summed E-state index contributed by atoms with van der Waals surface area (Å²) in [5.41, 5.74) is 0.693. The van der Waals surface area contributed by atoms with E-state index in [1.54, 1.807) is 0 Å². The summed E-state index contributed by atoms with van der Waals surface area (Å²) in [5, 5.41) is 3.09. The molecule has 3 fully saturated rings. The lowest BCUT2D eigenvalue weighted by molar-refractivity contribution is -0.135. The van der Waals surface area contributed by atoms with Crippen LogP contribution in [0.4, 0.5) is 0 Å². The van der Waals surface area contributed by atoms with Gasteiger partial charge in [-0.1, -0.05) is 38.5 Å². The molecule has 2 saturated heterocycles. The summed E-state index contributed by atoms with van der Waals surface area (Å²) in [5.74, 6) is 0.279. The maximum Gasteiger partial charge on any atom is 0.251 e. The summed E-state index contributed by atoms with van der Waals surface area (Å²) in [4.78, 5) is 34.6. The van der Waals surface area contributed by atoms with Gasteiger partial charge in [0.2, 0.25) is 5.91 Å². The Morgan fingerprint density at radius 2 is 1.55 bits per heavy atom. The number of carbonyl (C=O) groups is 2. The highest BCUT2D eigenvalue weighted by Gasteiger charge is 2.31. The molecule has 182 valence electrons. The molecule has 33 heavy (non-hydrogen) atoms. The standard InChI is InChI=1S/C26H41N5O2/c1-26(2,20-27-25(33)22-7-4-3-5-8-22)21-29-13-11-28(12-14-29)19-24(32)31-17-15-30(16-18-31)23-9-6-10-23/h3-5,7-8,23H,6,9-21H2,1-2H3,(H,27,33). The average Bonchev–Trinajstić information content (AvgIpc) is 2.78. The van der Waals surface area contributed by atoms with E-state index < -0.39 is 0 Å². The van der Waals surface area contributed by atoms with E-state index in [0.29, 0.717) is 24.6 Å².